The van der Waals surface area contributed by atoms with Crippen molar-refractivity contribution in [3.8, 4) is 17.0 Å². The molecule has 6 heteroatoms. The molecular formula is C15H13N3O2S. The molecule has 0 radical (unpaired) electrons. The fraction of sp³-hybridized carbons (Fsp3) is 0.133. The number of phenolic OH excluding ortho intramolecular Hbond substituents is 1. The summed E-state index contributed by atoms with van der Waals surface area (Å²) in [7, 11) is 1.70. The lowest BCUT2D eigenvalue weighted by molar-refractivity contribution is 0.476. The molecule has 2 aromatic heterocycles. The molecule has 3 rings (SSSR count). The Hall–Kier alpha value is -2.34. The second-order valence-electron chi connectivity index (χ2n) is 4.60. The molecule has 0 saturated heterocycles. The molecule has 0 saturated carbocycles. The zero-order chi connectivity index (χ0) is 15.0. The van der Waals surface area contributed by atoms with Crippen molar-refractivity contribution in [3.63, 3.8) is 0 Å². The van der Waals surface area contributed by atoms with Crippen molar-refractivity contribution in [3.05, 3.63) is 46.9 Å². The van der Waals surface area contributed by atoms with E-state index < -0.39 is 0 Å². The summed E-state index contributed by atoms with van der Waals surface area (Å²) in [6.07, 6.45) is 3.44. The van der Waals surface area contributed by atoms with E-state index in [4.69, 9.17) is 0 Å². The molecule has 5 nitrogen and oxygen atoms in total. The van der Waals surface area contributed by atoms with Crippen molar-refractivity contribution in [1.82, 2.24) is 14.5 Å². The summed E-state index contributed by atoms with van der Waals surface area (Å²) in [6, 6.07) is 8.53. The monoisotopic (exact) mass is 299 g/mol. The highest BCUT2D eigenvalue weighted by Crippen LogP contribution is 2.22. The maximum Gasteiger partial charge on any atom is 0.263 e. The van der Waals surface area contributed by atoms with Crippen LogP contribution in [0.2, 0.25) is 0 Å². The Morgan fingerprint density at radius 3 is 2.81 bits per heavy atom. The van der Waals surface area contributed by atoms with E-state index in [1.165, 1.54) is 16.3 Å². The number of nitrogens with zero attached hydrogens (tertiary/aromatic N) is 3. The second-order valence-corrected chi connectivity index (χ2v) is 5.37. The van der Waals surface area contributed by atoms with Crippen molar-refractivity contribution in [2.45, 2.75) is 5.16 Å². The van der Waals surface area contributed by atoms with Gasteiger partial charge in [0.2, 0.25) is 0 Å². The average molecular weight is 299 g/mol. The van der Waals surface area contributed by atoms with Crippen molar-refractivity contribution < 1.29 is 5.11 Å². The van der Waals surface area contributed by atoms with Gasteiger partial charge in [-0.05, 0) is 30.5 Å². The van der Waals surface area contributed by atoms with Gasteiger partial charge in [-0.3, -0.25) is 9.36 Å². The van der Waals surface area contributed by atoms with Gasteiger partial charge in [0.25, 0.3) is 5.56 Å². The maximum atomic E-state index is 12.4. The Morgan fingerprint density at radius 2 is 2.05 bits per heavy atom. The minimum absolute atomic E-state index is 0.125. The second kappa shape index (κ2) is 5.21. The van der Waals surface area contributed by atoms with Crippen LogP contribution in [0.1, 0.15) is 0 Å². The summed E-state index contributed by atoms with van der Waals surface area (Å²) in [6.45, 7) is 0. The number of hydrogen-bond donors (Lipinski definition) is 1. The number of hydrogen-bond acceptors (Lipinski definition) is 5. The lowest BCUT2D eigenvalue weighted by Gasteiger charge is -2.07. The van der Waals surface area contributed by atoms with E-state index in [0.29, 0.717) is 16.4 Å². The van der Waals surface area contributed by atoms with Crippen LogP contribution in [0.3, 0.4) is 0 Å². The van der Waals surface area contributed by atoms with Crippen LogP contribution in [-0.2, 0) is 7.05 Å². The summed E-state index contributed by atoms with van der Waals surface area (Å²) >= 11 is 1.42. The zero-order valence-corrected chi connectivity index (χ0v) is 12.4. The third kappa shape index (κ3) is 2.38. The van der Waals surface area contributed by atoms with Crippen molar-refractivity contribution in [2.24, 2.45) is 7.05 Å². The zero-order valence-electron chi connectivity index (χ0n) is 11.6. The largest absolute Gasteiger partial charge is 0.508 e. The van der Waals surface area contributed by atoms with Crippen LogP contribution in [-0.4, -0.2) is 25.9 Å². The van der Waals surface area contributed by atoms with Crippen LogP contribution < -0.4 is 5.56 Å². The number of aromatic nitrogens is 3. The number of rotatable bonds is 2. The van der Waals surface area contributed by atoms with Gasteiger partial charge >= 0.3 is 0 Å². The van der Waals surface area contributed by atoms with Crippen LogP contribution in [0.4, 0.5) is 0 Å². The van der Waals surface area contributed by atoms with Gasteiger partial charge in [0.15, 0.2) is 5.16 Å². The van der Waals surface area contributed by atoms with Gasteiger partial charge in [0.1, 0.15) is 5.75 Å². The summed E-state index contributed by atoms with van der Waals surface area (Å²) < 4.78 is 1.52. The molecule has 1 aromatic carbocycles. The smallest absolute Gasteiger partial charge is 0.263 e. The molecular weight excluding hydrogens is 286 g/mol. The molecule has 106 valence electrons. The molecule has 0 aliphatic rings. The van der Waals surface area contributed by atoms with E-state index in [0.717, 1.165) is 10.9 Å². The quantitative estimate of drug-likeness (QED) is 0.581. The molecule has 0 aliphatic heterocycles. The molecule has 0 fully saturated rings. The first-order valence-electron chi connectivity index (χ1n) is 6.30. The van der Waals surface area contributed by atoms with Crippen LogP contribution in [0, 0.1) is 0 Å². The van der Waals surface area contributed by atoms with Crippen molar-refractivity contribution in [2.75, 3.05) is 6.26 Å². The molecule has 0 spiro atoms. The fourth-order valence-corrected chi connectivity index (χ4v) is 2.67. The third-order valence-corrected chi connectivity index (χ3v) is 4.00. The average Bonchev–Trinajstić information content (AvgIpc) is 2.49. The first-order valence-corrected chi connectivity index (χ1v) is 7.53. The van der Waals surface area contributed by atoms with Crippen LogP contribution in [0.25, 0.3) is 22.2 Å². The summed E-state index contributed by atoms with van der Waals surface area (Å²) in [5, 5.41) is 10.9. The maximum absolute atomic E-state index is 12.4. The Labute approximate surface area is 125 Å². The summed E-state index contributed by atoms with van der Waals surface area (Å²) in [4.78, 5) is 21.1. The minimum atomic E-state index is -0.125. The molecule has 21 heavy (non-hydrogen) atoms. The highest BCUT2D eigenvalue weighted by Gasteiger charge is 2.10. The third-order valence-electron chi connectivity index (χ3n) is 3.26. The summed E-state index contributed by atoms with van der Waals surface area (Å²) in [5.41, 5.74) is 1.64. The predicted molar refractivity (Wildman–Crippen MR) is 83.7 cm³/mol. The highest BCUT2D eigenvalue weighted by molar-refractivity contribution is 7.98. The molecule has 0 atom stereocenters. The number of pyridine rings is 1. The number of benzene rings is 1. The molecule has 0 unspecified atom stereocenters. The van der Waals surface area contributed by atoms with Gasteiger partial charge < -0.3 is 5.11 Å². The van der Waals surface area contributed by atoms with Gasteiger partial charge in [-0.15, -0.1) is 0 Å². The van der Waals surface area contributed by atoms with Gasteiger partial charge in [-0.1, -0.05) is 17.8 Å². The van der Waals surface area contributed by atoms with E-state index in [9.17, 15) is 9.90 Å². The van der Waals surface area contributed by atoms with Crippen LogP contribution in [0.15, 0.2) is 46.5 Å². The number of thioether (sulfide) groups is 1. The Balaban J connectivity index is 2.19. The first-order chi connectivity index (χ1) is 10.1. The van der Waals surface area contributed by atoms with Gasteiger partial charge in [0.05, 0.1) is 16.8 Å². The first kappa shape index (κ1) is 13.6. The minimum Gasteiger partial charge on any atom is -0.508 e. The molecule has 3 aromatic rings. The van der Waals surface area contributed by atoms with E-state index in [-0.39, 0.29) is 11.3 Å². The summed E-state index contributed by atoms with van der Waals surface area (Å²) in [5.74, 6) is 0.193. The van der Waals surface area contributed by atoms with E-state index in [1.807, 2.05) is 12.3 Å². The van der Waals surface area contributed by atoms with Crippen molar-refractivity contribution in [1.29, 1.82) is 0 Å². The number of aromatic hydroxyl groups is 1. The molecule has 1 N–H and O–H groups in total. The van der Waals surface area contributed by atoms with E-state index in [2.05, 4.69) is 9.97 Å². The lowest BCUT2D eigenvalue weighted by Crippen LogP contribution is -2.21. The van der Waals surface area contributed by atoms with E-state index in [1.54, 1.807) is 37.5 Å². The van der Waals surface area contributed by atoms with Gasteiger partial charge in [-0.25, -0.2) is 9.97 Å². The topological polar surface area (TPSA) is 68.0 Å². The number of fused-ring (bicyclic) bond motifs is 1. The molecule has 0 bridgehead atoms. The molecule has 0 amide bonds. The SMILES string of the molecule is CSc1ncc(-c2ccc3cc(O)ccc3n2)c(=O)n1C. The normalized spacial score (nSPS) is 11.0. The van der Waals surface area contributed by atoms with E-state index >= 15 is 0 Å². The van der Waals surface area contributed by atoms with Crippen LogP contribution in [0.5, 0.6) is 5.75 Å². The number of phenols is 1. The Morgan fingerprint density at radius 1 is 1.24 bits per heavy atom. The van der Waals surface area contributed by atoms with Gasteiger partial charge in [-0.2, -0.15) is 0 Å². The van der Waals surface area contributed by atoms with Crippen LogP contribution >= 0.6 is 11.8 Å². The Bertz CT molecular complexity index is 890. The van der Waals surface area contributed by atoms with Crippen molar-refractivity contribution >= 4 is 22.7 Å². The highest BCUT2D eigenvalue weighted by atomic mass is 32.2. The molecule has 2 heterocycles. The fourth-order valence-electron chi connectivity index (χ4n) is 2.16. The predicted octanol–water partition coefficient (Wildman–Crippen LogP) is 2.42. The molecule has 0 aliphatic carbocycles. The Kier molecular flexibility index (Phi) is 3.39. The van der Waals surface area contributed by atoms with Gasteiger partial charge in [0, 0.05) is 18.6 Å². The lowest BCUT2D eigenvalue weighted by atomic mass is 10.1. The standard InChI is InChI=1S/C15H13N3O2S/c1-18-14(20)11(8-16-15(18)21-2)13-5-3-9-7-10(19)4-6-12(9)17-13/h3-8,19H,1-2H3.